The Morgan fingerprint density at radius 1 is 0.958 bits per heavy atom. The standard InChI is InChI=1S/C14H6F4I2O4/c1-23-12-5(19)2-4(3-6(12)20)24-13-10(17)8(15)7(14(21)22)9(16)11(13)18/h2-3H,1H3,(H,21,22). The molecule has 0 aliphatic carbocycles. The van der Waals surface area contributed by atoms with E-state index < -0.39 is 40.6 Å². The molecular formula is C14H6F4I2O4. The molecule has 0 fully saturated rings. The summed E-state index contributed by atoms with van der Waals surface area (Å²) < 4.78 is 66.2. The number of rotatable bonds is 4. The third kappa shape index (κ3) is 3.38. The molecule has 0 atom stereocenters. The number of hydrogen-bond donors (Lipinski definition) is 1. The van der Waals surface area contributed by atoms with Crippen molar-refractivity contribution in [3.05, 3.63) is 48.1 Å². The number of benzene rings is 2. The lowest BCUT2D eigenvalue weighted by Crippen LogP contribution is -2.11. The number of methoxy groups -OCH3 is 1. The molecule has 2 aromatic rings. The number of ether oxygens (including phenoxy) is 2. The number of carbonyl (C=O) groups is 1. The van der Waals surface area contributed by atoms with Gasteiger partial charge in [0, 0.05) is 0 Å². The van der Waals surface area contributed by atoms with Crippen LogP contribution in [0, 0.1) is 30.4 Å². The number of halogens is 6. The minimum absolute atomic E-state index is 0.107. The monoisotopic (exact) mass is 568 g/mol. The van der Waals surface area contributed by atoms with Crippen molar-refractivity contribution in [2.75, 3.05) is 7.11 Å². The molecule has 1 N–H and O–H groups in total. The Hall–Kier alpha value is -1.31. The van der Waals surface area contributed by atoms with Gasteiger partial charge in [-0.25, -0.2) is 13.6 Å². The SMILES string of the molecule is COc1c(I)cc(Oc2c(F)c(F)c(C(=O)O)c(F)c2F)cc1I. The molecule has 0 heterocycles. The second kappa shape index (κ2) is 7.29. The van der Waals surface area contributed by atoms with Gasteiger partial charge in [-0.1, -0.05) is 0 Å². The van der Waals surface area contributed by atoms with E-state index >= 15 is 0 Å². The van der Waals surface area contributed by atoms with E-state index in [4.69, 9.17) is 14.6 Å². The summed E-state index contributed by atoms with van der Waals surface area (Å²) in [5.41, 5.74) is -1.73. The zero-order valence-corrected chi connectivity index (χ0v) is 15.9. The molecule has 24 heavy (non-hydrogen) atoms. The first-order valence-corrected chi connectivity index (χ1v) is 8.14. The van der Waals surface area contributed by atoms with E-state index in [1.165, 1.54) is 19.2 Å². The van der Waals surface area contributed by atoms with Crippen LogP contribution in [0.5, 0.6) is 17.2 Å². The first kappa shape index (κ1) is 19.0. The van der Waals surface area contributed by atoms with Crippen molar-refractivity contribution in [1.82, 2.24) is 0 Å². The van der Waals surface area contributed by atoms with Gasteiger partial charge in [-0.15, -0.1) is 0 Å². The van der Waals surface area contributed by atoms with Gasteiger partial charge in [-0.3, -0.25) is 0 Å². The minimum atomic E-state index is -2.14. The normalized spacial score (nSPS) is 10.6. The summed E-state index contributed by atoms with van der Waals surface area (Å²) in [4.78, 5) is 10.7. The summed E-state index contributed by atoms with van der Waals surface area (Å²) in [6.45, 7) is 0. The van der Waals surface area contributed by atoms with Gasteiger partial charge >= 0.3 is 5.97 Å². The van der Waals surface area contributed by atoms with E-state index in [0.717, 1.165) is 0 Å². The van der Waals surface area contributed by atoms with Crippen LogP contribution in [0.4, 0.5) is 17.6 Å². The molecule has 0 aromatic heterocycles. The average Bonchev–Trinajstić information content (AvgIpc) is 2.49. The summed E-state index contributed by atoms with van der Waals surface area (Å²) >= 11 is 3.75. The van der Waals surface area contributed by atoms with Crippen LogP contribution in [-0.2, 0) is 0 Å². The molecule has 0 bridgehead atoms. The summed E-state index contributed by atoms with van der Waals surface area (Å²) in [7, 11) is 1.43. The van der Waals surface area contributed by atoms with Crippen LogP contribution < -0.4 is 9.47 Å². The highest BCUT2D eigenvalue weighted by Gasteiger charge is 2.30. The van der Waals surface area contributed by atoms with Crippen molar-refractivity contribution >= 4 is 51.2 Å². The van der Waals surface area contributed by atoms with Crippen molar-refractivity contribution in [1.29, 1.82) is 0 Å². The second-order valence-electron chi connectivity index (χ2n) is 4.29. The molecule has 0 saturated carbocycles. The van der Waals surface area contributed by atoms with E-state index in [2.05, 4.69) is 0 Å². The molecule has 2 rings (SSSR count). The predicted molar refractivity (Wildman–Crippen MR) is 91.7 cm³/mol. The van der Waals surface area contributed by atoms with E-state index in [0.29, 0.717) is 12.9 Å². The Balaban J connectivity index is 2.58. The average molecular weight is 568 g/mol. The number of aromatic carboxylic acids is 1. The molecule has 0 saturated heterocycles. The maximum atomic E-state index is 13.9. The van der Waals surface area contributed by atoms with Crippen molar-refractivity contribution in [3.63, 3.8) is 0 Å². The lowest BCUT2D eigenvalue weighted by Gasteiger charge is -2.13. The van der Waals surface area contributed by atoms with Crippen LogP contribution in [0.15, 0.2) is 12.1 Å². The molecule has 10 heteroatoms. The molecule has 2 aromatic carbocycles. The highest BCUT2D eigenvalue weighted by molar-refractivity contribution is 14.1. The van der Waals surface area contributed by atoms with Gasteiger partial charge in [0.25, 0.3) is 0 Å². The minimum Gasteiger partial charge on any atom is -0.495 e. The van der Waals surface area contributed by atoms with Crippen molar-refractivity contribution in [2.24, 2.45) is 0 Å². The molecule has 0 spiro atoms. The second-order valence-corrected chi connectivity index (χ2v) is 6.61. The molecule has 4 nitrogen and oxygen atoms in total. The molecule has 0 unspecified atom stereocenters. The Morgan fingerprint density at radius 3 is 1.79 bits per heavy atom. The van der Waals surface area contributed by atoms with Crippen LogP contribution in [0.25, 0.3) is 0 Å². The largest absolute Gasteiger partial charge is 0.495 e. The van der Waals surface area contributed by atoms with E-state index in [9.17, 15) is 22.4 Å². The predicted octanol–water partition coefficient (Wildman–Crippen LogP) is 4.95. The van der Waals surface area contributed by atoms with Crippen LogP contribution in [-0.4, -0.2) is 18.2 Å². The van der Waals surface area contributed by atoms with Crippen molar-refractivity contribution in [3.8, 4) is 17.2 Å². The van der Waals surface area contributed by atoms with Gasteiger partial charge in [-0.05, 0) is 57.3 Å². The maximum Gasteiger partial charge on any atom is 0.341 e. The van der Waals surface area contributed by atoms with Gasteiger partial charge in [0.1, 0.15) is 17.1 Å². The van der Waals surface area contributed by atoms with Crippen LogP contribution in [0.3, 0.4) is 0 Å². The summed E-state index contributed by atoms with van der Waals surface area (Å²) in [6, 6.07) is 2.67. The van der Waals surface area contributed by atoms with E-state index in [1.54, 1.807) is 0 Å². The Morgan fingerprint density at radius 2 is 1.42 bits per heavy atom. The molecule has 0 amide bonds. The van der Waals surface area contributed by atoms with Crippen molar-refractivity contribution < 1.29 is 36.9 Å². The highest BCUT2D eigenvalue weighted by atomic mass is 127. The fourth-order valence-corrected chi connectivity index (χ4v) is 3.95. The van der Waals surface area contributed by atoms with Gasteiger partial charge in [-0.2, -0.15) is 8.78 Å². The zero-order valence-electron chi connectivity index (χ0n) is 11.6. The van der Waals surface area contributed by atoms with E-state index in [-0.39, 0.29) is 5.75 Å². The first-order chi connectivity index (χ1) is 11.2. The Labute approximate surface area is 160 Å². The first-order valence-electron chi connectivity index (χ1n) is 5.99. The zero-order chi connectivity index (χ0) is 18.2. The summed E-state index contributed by atoms with van der Waals surface area (Å²) in [5.74, 6) is -11.1. The molecule has 0 radical (unpaired) electrons. The number of hydrogen-bond acceptors (Lipinski definition) is 3. The van der Waals surface area contributed by atoms with Gasteiger partial charge in [0.15, 0.2) is 11.6 Å². The molecule has 0 aliphatic heterocycles. The van der Waals surface area contributed by atoms with Crippen LogP contribution in [0.2, 0.25) is 0 Å². The fraction of sp³-hybridized carbons (Fsp3) is 0.0714. The molecule has 128 valence electrons. The quantitative estimate of drug-likeness (QED) is 0.323. The third-order valence-corrected chi connectivity index (χ3v) is 4.44. The topological polar surface area (TPSA) is 55.8 Å². The summed E-state index contributed by atoms with van der Waals surface area (Å²) in [6.07, 6.45) is 0. The van der Waals surface area contributed by atoms with Gasteiger partial charge in [0.05, 0.1) is 14.3 Å². The fourth-order valence-electron chi connectivity index (χ4n) is 1.80. The van der Waals surface area contributed by atoms with Gasteiger partial charge < -0.3 is 14.6 Å². The Bertz CT molecular complexity index is 790. The maximum absolute atomic E-state index is 13.9. The van der Waals surface area contributed by atoms with Gasteiger partial charge in [0.2, 0.25) is 17.4 Å². The lowest BCUT2D eigenvalue weighted by atomic mass is 10.1. The lowest BCUT2D eigenvalue weighted by molar-refractivity contribution is 0.0683. The van der Waals surface area contributed by atoms with Crippen molar-refractivity contribution in [2.45, 2.75) is 0 Å². The Kier molecular flexibility index (Phi) is 5.78. The highest BCUT2D eigenvalue weighted by Crippen LogP contribution is 2.37. The smallest absolute Gasteiger partial charge is 0.341 e. The molecule has 0 aliphatic rings. The number of carboxylic acid groups (broad SMARTS) is 1. The summed E-state index contributed by atoms with van der Waals surface area (Å²) in [5, 5.41) is 8.64. The number of carboxylic acids is 1. The van der Waals surface area contributed by atoms with Crippen LogP contribution >= 0.6 is 45.2 Å². The van der Waals surface area contributed by atoms with Crippen LogP contribution in [0.1, 0.15) is 10.4 Å². The van der Waals surface area contributed by atoms with E-state index in [1.807, 2.05) is 45.2 Å². The molecular weight excluding hydrogens is 562 g/mol. The third-order valence-electron chi connectivity index (χ3n) is 2.83.